The number of benzene rings is 2. The molecule has 284 valence electrons. The third-order valence-corrected chi connectivity index (χ3v) is 9.10. The Kier molecular flexibility index (Phi) is 25.5. The summed E-state index contributed by atoms with van der Waals surface area (Å²) in [7, 11) is 0. The third kappa shape index (κ3) is 23.4. The molecule has 0 spiro atoms. The Morgan fingerprint density at radius 1 is 0.569 bits per heavy atom. The Balaban J connectivity index is 1.63. The Morgan fingerprint density at radius 2 is 0.941 bits per heavy atom. The van der Waals surface area contributed by atoms with Gasteiger partial charge in [-0.05, 0) is 37.2 Å². The van der Waals surface area contributed by atoms with Crippen LogP contribution in [0.5, 0.6) is 11.5 Å². The summed E-state index contributed by atoms with van der Waals surface area (Å²) >= 11 is 0. The van der Waals surface area contributed by atoms with Crippen molar-refractivity contribution in [1.29, 1.82) is 0 Å². The average molecular weight is 706 g/mol. The number of carbonyl (C=O) groups excluding carboxylic acids is 2. The first kappa shape index (κ1) is 43.4. The van der Waals surface area contributed by atoms with E-state index in [1.807, 2.05) is 12.1 Å². The summed E-state index contributed by atoms with van der Waals surface area (Å²) in [5.41, 5.74) is 1.30. The van der Waals surface area contributed by atoms with E-state index < -0.39 is 0 Å². The van der Waals surface area contributed by atoms with Crippen LogP contribution >= 0.6 is 0 Å². The van der Waals surface area contributed by atoms with Crippen molar-refractivity contribution in [3.05, 3.63) is 59.7 Å². The van der Waals surface area contributed by atoms with E-state index in [0.717, 1.165) is 19.4 Å². The number of nitrogens with zero attached hydrogens (tertiary/aromatic N) is 3. The smallest absolute Gasteiger partial charge is 0.221 e. The quantitative estimate of drug-likeness (QED) is 0.0465. The molecule has 9 nitrogen and oxygen atoms in total. The molecule has 0 aromatic heterocycles. The first-order chi connectivity index (χ1) is 25.0. The summed E-state index contributed by atoms with van der Waals surface area (Å²) in [6, 6.07) is 14.0. The van der Waals surface area contributed by atoms with Crippen LogP contribution in [0.4, 0.5) is 0 Å². The van der Waals surface area contributed by atoms with Crippen LogP contribution < -0.4 is 10.6 Å². The minimum atomic E-state index is -0.0310. The van der Waals surface area contributed by atoms with Crippen molar-refractivity contribution in [3.8, 4) is 11.5 Å². The summed E-state index contributed by atoms with van der Waals surface area (Å²) in [6.45, 7) is 6.06. The fourth-order valence-electron chi connectivity index (χ4n) is 5.95. The highest BCUT2D eigenvalue weighted by Gasteiger charge is 2.11. The average Bonchev–Trinajstić information content (AvgIpc) is 3.13. The molecule has 0 fully saturated rings. The molecular formula is C42H67N5O4. The van der Waals surface area contributed by atoms with Gasteiger partial charge in [0.15, 0.2) is 0 Å². The predicted molar refractivity (Wildman–Crippen MR) is 212 cm³/mol. The molecule has 2 rings (SSSR count). The second-order valence-corrected chi connectivity index (χ2v) is 13.5. The minimum Gasteiger partial charge on any atom is -0.507 e. The van der Waals surface area contributed by atoms with Gasteiger partial charge in [-0.1, -0.05) is 128 Å². The summed E-state index contributed by atoms with van der Waals surface area (Å²) in [6.07, 6.45) is 25.2. The number of para-hydroxylation sites is 2. The Bertz CT molecular complexity index is 1170. The lowest BCUT2D eigenvalue weighted by atomic mass is 10.0. The Hall–Kier alpha value is -3.72. The van der Waals surface area contributed by atoms with Gasteiger partial charge >= 0.3 is 0 Å². The van der Waals surface area contributed by atoms with Crippen LogP contribution in [0.25, 0.3) is 0 Å². The van der Waals surface area contributed by atoms with E-state index in [2.05, 4.69) is 32.4 Å². The van der Waals surface area contributed by atoms with Crippen molar-refractivity contribution in [2.75, 3.05) is 45.8 Å². The first-order valence-electron chi connectivity index (χ1n) is 19.8. The number of unbranched alkanes of at least 4 members (excludes halogenated alkanes) is 15. The number of nitrogens with one attached hydrogen (secondary N) is 2. The van der Waals surface area contributed by atoms with Gasteiger partial charge < -0.3 is 25.7 Å². The highest BCUT2D eigenvalue weighted by atomic mass is 16.3. The number of rotatable bonds is 31. The molecule has 2 aromatic carbocycles. The molecule has 0 heterocycles. The lowest BCUT2D eigenvalue weighted by molar-refractivity contribution is -0.121. The van der Waals surface area contributed by atoms with Gasteiger partial charge in [0.25, 0.3) is 0 Å². The lowest BCUT2D eigenvalue weighted by Crippen LogP contribution is -2.35. The van der Waals surface area contributed by atoms with Crippen molar-refractivity contribution in [2.45, 2.75) is 122 Å². The SMILES string of the molecule is CCCCCCCCCCCCCCCCCCN(CCC(=O)NCCN=Cc1ccccc1O)CCC(=O)NCCN=Cc1ccccc1O. The predicted octanol–water partition coefficient (Wildman–Crippen LogP) is 8.21. The first-order valence-corrected chi connectivity index (χ1v) is 19.8. The third-order valence-electron chi connectivity index (χ3n) is 9.10. The lowest BCUT2D eigenvalue weighted by Gasteiger charge is -2.22. The number of aromatic hydroxyl groups is 2. The van der Waals surface area contributed by atoms with E-state index in [0.29, 0.717) is 63.2 Å². The van der Waals surface area contributed by atoms with E-state index >= 15 is 0 Å². The molecule has 0 bridgehead atoms. The van der Waals surface area contributed by atoms with Gasteiger partial charge in [-0.25, -0.2) is 0 Å². The largest absolute Gasteiger partial charge is 0.507 e. The number of phenols is 2. The molecule has 0 aliphatic heterocycles. The maximum absolute atomic E-state index is 12.6. The molecular weight excluding hydrogens is 638 g/mol. The van der Waals surface area contributed by atoms with E-state index in [9.17, 15) is 19.8 Å². The summed E-state index contributed by atoms with van der Waals surface area (Å²) < 4.78 is 0. The van der Waals surface area contributed by atoms with Crippen LogP contribution in [0.1, 0.15) is 134 Å². The molecule has 0 aliphatic carbocycles. The van der Waals surface area contributed by atoms with Crippen LogP contribution in [-0.4, -0.2) is 85.2 Å². The number of phenolic OH excluding ortho intramolecular Hbond substituents is 2. The maximum Gasteiger partial charge on any atom is 0.221 e. The zero-order chi connectivity index (χ0) is 36.6. The highest BCUT2D eigenvalue weighted by molar-refractivity contribution is 5.83. The van der Waals surface area contributed by atoms with Gasteiger partial charge in [-0.15, -0.1) is 0 Å². The maximum atomic E-state index is 12.6. The topological polar surface area (TPSA) is 127 Å². The van der Waals surface area contributed by atoms with Crippen molar-refractivity contribution < 1.29 is 19.8 Å². The second kappa shape index (κ2) is 30.0. The van der Waals surface area contributed by atoms with E-state index in [1.54, 1.807) is 48.8 Å². The molecule has 9 heteroatoms. The van der Waals surface area contributed by atoms with Gasteiger partial charge in [0.1, 0.15) is 11.5 Å². The van der Waals surface area contributed by atoms with Crippen molar-refractivity contribution in [2.24, 2.45) is 9.98 Å². The monoisotopic (exact) mass is 706 g/mol. The zero-order valence-electron chi connectivity index (χ0n) is 31.5. The summed E-state index contributed by atoms with van der Waals surface area (Å²) in [5, 5.41) is 25.6. The zero-order valence-corrected chi connectivity index (χ0v) is 31.5. The molecule has 0 saturated carbocycles. The van der Waals surface area contributed by atoms with Crippen LogP contribution in [0.3, 0.4) is 0 Å². The van der Waals surface area contributed by atoms with E-state index in [-0.39, 0.29) is 23.3 Å². The number of hydrogen-bond acceptors (Lipinski definition) is 7. The van der Waals surface area contributed by atoms with Crippen molar-refractivity contribution in [3.63, 3.8) is 0 Å². The fraction of sp³-hybridized carbons (Fsp3) is 0.619. The highest BCUT2D eigenvalue weighted by Crippen LogP contribution is 2.15. The number of aliphatic imine (C=N–C) groups is 2. The molecule has 0 saturated heterocycles. The molecule has 4 N–H and O–H groups in total. The Morgan fingerprint density at radius 3 is 1.33 bits per heavy atom. The fourth-order valence-corrected chi connectivity index (χ4v) is 5.95. The molecule has 2 amide bonds. The van der Waals surface area contributed by atoms with E-state index in [1.165, 1.54) is 89.9 Å². The summed E-state index contributed by atoms with van der Waals surface area (Å²) in [5.74, 6) is 0.301. The van der Waals surface area contributed by atoms with Crippen molar-refractivity contribution >= 4 is 24.2 Å². The number of amides is 2. The Labute approximate surface area is 308 Å². The number of hydrogen-bond donors (Lipinski definition) is 4. The van der Waals surface area contributed by atoms with Crippen molar-refractivity contribution in [1.82, 2.24) is 15.5 Å². The van der Waals surface area contributed by atoms with E-state index in [4.69, 9.17) is 0 Å². The molecule has 0 unspecified atom stereocenters. The summed E-state index contributed by atoms with van der Waals surface area (Å²) in [4.78, 5) is 36.0. The van der Waals surface area contributed by atoms with Gasteiger partial charge in [-0.3, -0.25) is 19.6 Å². The molecule has 0 radical (unpaired) electrons. The molecule has 0 atom stereocenters. The van der Waals surface area contributed by atoms with Gasteiger partial charge in [-0.2, -0.15) is 0 Å². The van der Waals surface area contributed by atoms with Crippen LogP contribution in [0, 0.1) is 0 Å². The molecule has 0 aliphatic rings. The standard InChI is InChI=1S/C42H67N5O4/c1-2-3-4-5-6-7-8-9-10-11-12-13-14-15-16-21-32-47(33-26-41(50)45-30-28-43-35-37-22-17-19-24-39(37)48)34-27-42(51)46-31-29-44-36-38-23-18-20-25-40(38)49/h17-20,22-25,35-36,48-49H,2-16,21,26-34H2,1H3,(H,45,50)(H,46,51). The van der Waals surface area contributed by atoms with Crippen LogP contribution in [-0.2, 0) is 9.59 Å². The second-order valence-electron chi connectivity index (χ2n) is 13.5. The van der Waals surface area contributed by atoms with Gasteiger partial charge in [0.2, 0.25) is 11.8 Å². The van der Waals surface area contributed by atoms with Gasteiger partial charge in [0.05, 0.1) is 13.1 Å². The normalized spacial score (nSPS) is 11.6. The molecule has 51 heavy (non-hydrogen) atoms. The number of carbonyl (C=O) groups is 2. The van der Waals surface area contributed by atoms with Crippen LogP contribution in [0.15, 0.2) is 58.5 Å². The minimum absolute atomic E-state index is 0.0310. The van der Waals surface area contributed by atoms with Gasteiger partial charge in [0, 0.05) is 62.6 Å². The molecule has 2 aromatic rings. The van der Waals surface area contributed by atoms with Crippen LogP contribution in [0.2, 0.25) is 0 Å².